The number of hydrogen-bond acceptors (Lipinski definition) is 3. The second kappa shape index (κ2) is 5.69. The minimum absolute atomic E-state index is 0.177. The third kappa shape index (κ3) is 4.02. The van der Waals surface area contributed by atoms with Gasteiger partial charge in [0, 0.05) is 31.9 Å². The van der Waals surface area contributed by atoms with Gasteiger partial charge < -0.3 is 14.5 Å². The van der Waals surface area contributed by atoms with Gasteiger partial charge in [0.15, 0.2) is 0 Å². The first kappa shape index (κ1) is 14.0. The van der Waals surface area contributed by atoms with Gasteiger partial charge in [-0.1, -0.05) is 6.92 Å². The van der Waals surface area contributed by atoms with E-state index in [-0.39, 0.29) is 5.75 Å². The van der Waals surface area contributed by atoms with Crippen molar-refractivity contribution in [3.8, 4) is 5.75 Å². The summed E-state index contributed by atoms with van der Waals surface area (Å²) in [5.41, 5.74) is 0.935. The zero-order valence-corrected chi connectivity index (χ0v) is 10.8. The van der Waals surface area contributed by atoms with Gasteiger partial charge in [0.2, 0.25) is 0 Å². The molecule has 1 aromatic rings. The number of halogens is 3. The molecule has 1 aliphatic heterocycles. The summed E-state index contributed by atoms with van der Waals surface area (Å²) in [6.07, 6.45) is -4.63. The molecule has 1 saturated heterocycles. The first-order chi connectivity index (χ1) is 8.98. The van der Waals surface area contributed by atoms with E-state index in [0.717, 1.165) is 38.4 Å². The molecule has 0 bridgehead atoms. The molecule has 1 fully saturated rings. The number of likely N-dealkylation sites (N-methyl/N-ethyl adjacent to an activating group) is 1. The van der Waals surface area contributed by atoms with Gasteiger partial charge in [-0.3, -0.25) is 0 Å². The Hall–Kier alpha value is -1.43. The Balaban J connectivity index is 1.95. The molecule has 0 radical (unpaired) electrons. The van der Waals surface area contributed by atoms with E-state index >= 15 is 0 Å². The molecular weight excluding hydrogens is 257 g/mol. The fraction of sp³-hybridized carbons (Fsp3) is 0.538. The standard InChI is InChI=1S/C13H17F3N2O/c1-2-17-7-9-18(10-8-17)11-3-5-12(6-4-11)19-13(14,15)16/h3-6H,2,7-10H2,1H3. The van der Waals surface area contributed by atoms with Crippen LogP contribution >= 0.6 is 0 Å². The van der Waals surface area contributed by atoms with Crippen molar-refractivity contribution in [2.45, 2.75) is 13.3 Å². The molecule has 0 unspecified atom stereocenters. The van der Waals surface area contributed by atoms with Crippen LogP contribution in [0.3, 0.4) is 0 Å². The summed E-state index contributed by atoms with van der Waals surface area (Å²) in [6, 6.07) is 6.05. The number of piperazine rings is 1. The van der Waals surface area contributed by atoms with Crippen LogP contribution in [0.2, 0.25) is 0 Å². The average Bonchev–Trinajstić information content (AvgIpc) is 2.38. The number of rotatable bonds is 3. The van der Waals surface area contributed by atoms with Gasteiger partial charge in [-0.05, 0) is 30.8 Å². The maximum atomic E-state index is 12.0. The number of hydrogen-bond donors (Lipinski definition) is 0. The van der Waals surface area contributed by atoms with Crippen LogP contribution in [0.5, 0.6) is 5.75 Å². The van der Waals surface area contributed by atoms with Crippen LogP contribution in [-0.4, -0.2) is 44.0 Å². The smallest absolute Gasteiger partial charge is 0.406 e. The van der Waals surface area contributed by atoms with Crippen molar-refractivity contribution in [1.82, 2.24) is 4.90 Å². The zero-order valence-electron chi connectivity index (χ0n) is 10.8. The molecule has 1 heterocycles. The molecule has 106 valence electrons. The maximum Gasteiger partial charge on any atom is 0.573 e. The number of benzene rings is 1. The van der Waals surface area contributed by atoms with Crippen LogP contribution in [0.1, 0.15) is 6.92 Å². The maximum absolute atomic E-state index is 12.0. The molecule has 6 heteroatoms. The average molecular weight is 274 g/mol. The van der Waals surface area contributed by atoms with Crippen molar-refractivity contribution in [2.24, 2.45) is 0 Å². The van der Waals surface area contributed by atoms with E-state index in [2.05, 4.69) is 21.5 Å². The van der Waals surface area contributed by atoms with E-state index in [0.29, 0.717) is 0 Å². The summed E-state index contributed by atoms with van der Waals surface area (Å²) in [7, 11) is 0. The summed E-state index contributed by atoms with van der Waals surface area (Å²) in [6.45, 7) is 6.92. The molecule has 0 aromatic heterocycles. The summed E-state index contributed by atoms with van der Waals surface area (Å²) < 4.78 is 40.0. The van der Waals surface area contributed by atoms with Gasteiger partial charge in [0.05, 0.1) is 0 Å². The Morgan fingerprint density at radius 2 is 1.63 bits per heavy atom. The molecule has 0 spiro atoms. The van der Waals surface area contributed by atoms with Crippen molar-refractivity contribution in [3.63, 3.8) is 0 Å². The number of alkyl halides is 3. The molecule has 1 aromatic carbocycles. The van der Waals surface area contributed by atoms with Crippen LogP contribution in [0.4, 0.5) is 18.9 Å². The molecule has 1 aliphatic rings. The quantitative estimate of drug-likeness (QED) is 0.843. The predicted octanol–water partition coefficient (Wildman–Crippen LogP) is 2.73. The lowest BCUT2D eigenvalue weighted by Gasteiger charge is -2.35. The van der Waals surface area contributed by atoms with E-state index in [1.165, 1.54) is 12.1 Å². The van der Waals surface area contributed by atoms with Crippen molar-refractivity contribution in [3.05, 3.63) is 24.3 Å². The lowest BCUT2D eigenvalue weighted by atomic mass is 10.2. The van der Waals surface area contributed by atoms with Crippen LogP contribution < -0.4 is 9.64 Å². The fourth-order valence-corrected chi connectivity index (χ4v) is 2.18. The lowest BCUT2D eigenvalue weighted by Crippen LogP contribution is -2.46. The second-order valence-electron chi connectivity index (χ2n) is 4.46. The topological polar surface area (TPSA) is 15.7 Å². The highest BCUT2D eigenvalue weighted by Gasteiger charge is 2.31. The molecule has 0 amide bonds. The Kier molecular flexibility index (Phi) is 4.19. The fourth-order valence-electron chi connectivity index (χ4n) is 2.18. The second-order valence-corrected chi connectivity index (χ2v) is 4.46. The summed E-state index contributed by atoms with van der Waals surface area (Å²) in [5, 5.41) is 0. The van der Waals surface area contributed by atoms with Crippen LogP contribution in [0.15, 0.2) is 24.3 Å². The van der Waals surface area contributed by atoms with E-state index < -0.39 is 6.36 Å². The Morgan fingerprint density at radius 3 is 2.11 bits per heavy atom. The van der Waals surface area contributed by atoms with E-state index in [1.54, 1.807) is 12.1 Å². The first-order valence-corrected chi connectivity index (χ1v) is 6.31. The molecule has 3 nitrogen and oxygen atoms in total. The Morgan fingerprint density at radius 1 is 1.05 bits per heavy atom. The van der Waals surface area contributed by atoms with Crippen LogP contribution in [0.25, 0.3) is 0 Å². The van der Waals surface area contributed by atoms with Gasteiger partial charge in [0.25, 0.3) is 0 Å². The van der Waals surface area contributed by atoms with Crippen LogP contribution in [-0.2, 0) is 0 Å². The number of anilines is 1. The van der Waals surface area contributed by atoms with Gasteiger partial charge in [0.1, 0.15) is 5.75 Å². The van der Waals surface area contributed by atoms with Crippen molar-refractivity contribution < 1.29 is 17.9 Å². The minimum atomic E-state index is -4.63. The molecular formula is C13H17F3N2O. The highest BCUT2D eigenvalue weighted by atomic mass is 19.4. The normalized spacial score (nSPS) is 17.6. The Labute approximate surface area is 110 Å². The van der Waals surface area contributed by atoms with Crippen molar-refractivity contribution in [1.29, 1.82) is 0 Å². The van der Waals surface area contributed by atoms with Gasteiger partial charge in [-0.25, -0.2) is 0 Å². The van der Waals surface area contributed by atoms with Crippen molar-refractivity contribution in [2.75, 3.05) is 37.6 Å². The third-order valence-corrected chi connectivity index (χ3v) is 3.25. The third-order valence-electron chi connectivity index (χ3n) is 3.25. The zero-order chi connectivity index (χ0) is 13.9. The van der Waals surface area contributed by atoms with E-state index in [9.17, 15) is 13.2 Å². The highest BCUT2D eigenvalue weighted by molar-refractivity contribution is 5.49. The van der Waals surface area contributed by atoms with E-state index in [4.69, 9.17) is 0 Å². The lowest BCUT2D eigenvalue weighted by molar-refractivity contribution is -0.274. The van der Waals surface area contributed by atoms with Gasteiger partial charge in [-0.15, -0.1) is 13.2 Å². The SMILES string of the molecule is CCN1CCN(c2ccc(OC(F)(F)F)cc2)CC1. The largest absolute Gasteiger partial charge is 0.573 e. The van der Waals surface area contributed by atoms with Crippen LogP contribution in [0, 0.1) is 0 Å². The Bertz CT molecular complexity index is 397. The summed E-state index contributed by atoms with van der Waals surface area (Å²) in [4.78, 5) is 4.52. The predicted molar refractivity (Wildman–Crippen MR) is 67.5 cm³/mol. The minimum Gasteiger partial charge on any atom is -0.406 e. The first-order valence-electron chi connectivity index (χ1n) is 6.31. The molecule has 0 N–H and O–H groups in total. The molecule has 2 rings (SSSR count). The molecule has 0 atom stereocenters. The molecule has 19 heavy (non-hydrogen) atoms. The monoisotopic (exact) mass is 274 g/mol. The highest BCUT2D eigenvalue weighted by Crippen LogP contribution is 2.25. The number of ether oxygens (including phenoxy) is 1. The van der Waals surface area contributed by atoms with Gasteiger partial charge in [-0.2, -0.15) is 0 Å². The van der Waals surface area contributed by atoms with E-state index in [1.807, 2.05) is 0 Å². The van der Waals surface area contributed by atoms with Crippen molar-refractivity contribution >= 4 is 5.69 Å². The molecule has 0 saturated carbocycles. The van der Waals surface area contributed by atoms with Gasteiger partial charge >= 0.3 is 6.36 Å². The number of nitrogens with zero attached hydrogens (tertiary/aromatic N) is 2. The summed E-state index contributed by atoms with van der Waals surface area (Å²) >= 11 is 0. The summed E-state index contributed by atoms with van der Waals surface area (Å²) in [5.74, 6) is -0.177. The molecule has 0 aliphatic carbocycles.